The monoisotopic (exact) mass is 1030 g/mol. The summed E-state index contributed by atoms with van der Waals surface area (Å²) in [4.78, 5) is 0. The third kappa shape index (κ3) is 14.2. The van der Waals surface area contributed by atoms with Crippen LogP contribution < -0.4 is 9.05 Å². The van der Waals surface area contributed by atoms with E-state index in [1.54, 1.807) is 0 Å². The first-order valence-corrected chi connectivity index (χ1v) is 29.1. The van der Waals surface area contributed by atoms with E-state index in [4.69, 9.17) is 27.1 Å². The van der Waals surface area contributed by atoms with Gasteiger partial charge in [-0.25, -0.2) is 0 Å². The van der Waals surface area contributed by atoms with E-state index in [1.807, 2.05) is 0 Å². The number of aryl methyl sites for hydroxylation is 1. The molecule has 0 bridgehead atoms. The summed E-state index contributed by atoms with van der Waals surface area (Å²) in [5.41, 5.74) is 11.6. The van der Waals surface area contributed by atoms with Crippen molar-refractivity contribution in [3.8, 4) is 23.0 Å². The van der Waals surface area contributed by atoms with Gasteiger partial charge in [0, 0.05) is 39.7 Å². The average Bonchev–Trinajstić information content (AvgIpc) is 3.25. The molecule has 2 saturated heterocycles. The Kier molecular flexibility index (Phi) is 18.5. The van der Waals surface area contributed by atoms with E-state index < -0.39 is 22.6 Å². The van der Waals surface area contributed by atoms with E-state index in [9.17, 15) is 10.2 Å². The van der Waals surface area contributed by atoms with E-state index >= 15 is 0 Å². The van der Waals surface area contributed by atoms with Crippen LogP contribution in [0.4, 0.5) is 0 Å². The Labute approximate surface area is 438 Å². The van der Waals surface area contributed by atoms with Crippen molar-refractivity contribution in [3.63, 3.8) is 0 Å². The van der Waals surface area contributed by atoms with Crippen molar-refractivity contribution in [2.45, 2.75) is 192 Å². The maximum absolute atomic E-state index is 12.1. The molecule has 0 amide bonds. The molecule has 10 heteroatoms. The predicted molar refractivity (Wildman–Crippen MR) is 300 cm³/mol. The second kappa shape index (κ2) is 22.9. The summed E-state index contributed by atoms with van der Waals surface area (Å²) in [7, 11) is -3.56. The first-order valence-electron chi connectivity index (χ1n) is 26.9. The molecule has 2 atom stereocenters. The quantitative estimate of drug-likeness (QED) is 0.107. The highest BCUT2D eigenvalue weighted by Gasteiger charge is 2.46. The maximum Gasteiger partial charge on any atom is 0.397 e. The van der Waals surface area contributed by atoms with Gasteiger partial charge < -0.3 is 37.4 Å². The Bertz CT molecular complexity index is 2490. The number of phenols is 2. The zero-order valence-corrected chi connectivity index (χ0v) is 49.8. The van der Waals surface area contributed by atoms with Crippen molar-refractivity contribution in [2.75, 3.05) is 26.4 Å². The molecule has 2 unspecified atom stereocenters. The summed E-state index contributed by atoms with van der Waals surface area (Å²) < 4.78 is 40.3. The second-order valence-corrected chi connectivity index (χ2v) is 28.7. The summed E-state index contributed by atoms with van der Waals surface area (Å²) in [6, 6.07) is 17.8. The Balaban J connectivity index is 1.28. The van der Waals surface area contributed by atoms with Crippen molar-refractivity contribution in [1.29, 1.82) is 0 Å². The fraction of sp³-hybridized carbons (Fsp3) is 0.613. The summed E-state index contributed by atoms with van der Waals surface area (Å²) >= 11 is 0. The highest BCUT2D eigenvalue weighted by molar-refractivity contribution is 7.42. The molecule has 6 rings (SSSR count). The predicted octanol–water partition coefficient (Wildman–Crippen LogP) is 17.4. The van der Waals surface area contributed by atoms with Crippen molar-refractivity contribution >= 4 is 17.2 Å². The number of rotatable bonds is 16. The maximum atomic E-state index is 12.1. The molecule has 0 saturated carbocycles. The van der Waals surface area contributed by atoms with Gasteiger partial charge in [-0.05, 0) is 106 Å². The van der Waals surface area contributed by atoms with Crippen molar-refractivity contribution in [2.24, 2.45) is 29.1 Å². The van der Waals surface area contributed by atoms with Crippen LogP contribution >= 0.6 is 17.2 Å². The van der Waals surface area contributed by atoms with Crippen molar-refractivity contribution in [3.05, 3.63) is 115 Å². The lowest BCUT2D eigenvalue weighted by molar-refractivity contribution is -0.0674. The highest BCUT2D eigenvalue weighted by atomic mass is 31.2. The molecule has 4 aromatic rings. The van der Waals surface area contributed by atoms with Crippen LogP contribution in [-0.2, 0) is 60.0 Å². The fourth-order valence-electron chi connectivity index (χ4n) is 10.1. The SMILES string of the molecule is Cc1cc(CC(C)C)c(O)c(C(C)c2cc(C(C)(C)C)cc(CC(C)C)c2OP2OCC3(CO2)COP(Oc2c(C(C)c4cc(CC(C)C)cc(C(C)(C)C)c4O)cc(CC(C)C)cc2C(C)(C)C)OC3)c1. The summed E-state index contributed by atoms with van der Waals surface area (Å²) in [6.45, 7) is 45.6. The van der Waals surface area contributed by atoms with Crippen molar-refractivity contribution < 1.29 is 37.4 Å². The second-order valence-electron chi connectivity index (χ2n) is 26.4. The number of hydrogen-bond acceptors (Lipinski definition) is 8. The van der Waals surface area contributed by atoms with Crippen LogP contribution in [0.2, 0.25) is 0 Å². The molecule has 398 valence electrons. The minimum Gasteiger partial charge on any atom is -0.507 e. The van der Waals surface area contributed by atoms with Crippen LogP contribution in [0.1, 0.15) is 210 Å². The van der Waals surface area contributed by atoms with Gasteiger partial charge in [0.2, 0.25) is 0 Å². The topological polar surface area (TPSA) is 95.8 Å². The molecular weight excluding hydrogens is 935 g/mol. The van der Waals surface area contributed by atoms with Gasteiger partial charge in [-0.2, -0.15) is 0 Å². The largest absolute Gasteiger partial charge is 0.507 e. The summed E-state index contributed by atoms with van der Waals surface area (Å²) in [5, 5.41) is 23.9. The van der Waals surface area contributed by atoms with E-state index in [0.29, 0.717) is 61.6 Å². The van der Waals surface area contributed by atoms with Crippen LogP contribution in [0.5, 0.6) is 23.0 Å². The zero-order chi connectivity index (χ0) is 53.4. The Morgan fingerprint density at radius 1 is 0.472 bits per heavy atom. The number of phenolic OH excluding ortho intramolecular Hbond substituents is 2. The van der Waals surface area contributed by atoms with Gasteiger partial charge in [0.05, 0.1) is 31.8 Å². The van der Waals surface area contributed by atoms with Crippen LogP contribution in [-0.4, -0.2) is 36.6 Å². The standard InChI is InChI=1S/C62H92O8P2/c1-37(2)21-44-27-50(56(64)53(29-44)60(15,16)17)43(11)51-28-45(22-38(3)4)30-54(61(18,19)20)58(51)70-72-67-35-62(36-68-72)33-65-71(66-34-62)69-57-47(24-40(7)8)31-48(59(12,13)14)32-52(57)42(10)49-26-41(9)25-46(55(49)63)23-39(5)6/h25-32,37-40,42-43,63-64H,21-24,33-36H2,1-20H3. The van der Waals surface area contributed by atoms with E-state index in [-0.39, 0.29) is 28.1 Å². The molecule has 2 aliphatic heterocycles. The molecule has 2 N–H and O–H groups in total. The molecule has 4 aromatic carbocycles. The van der Waals surface area contributed by atoms with Gasteiger partial charge in [0.15, 0.2) is 0 Å². The van der Waals surface area contributed by atoms with E-state index in [0.717, 1.165) is 87.3 Å². The number of benzene rings is 4. The molecule has 2 aliphatic rings. The van der Waals surface area contributed by atoms with Crippen LogP contribution in [0.25, 0.3) is 0 Å². The fourth-order valence-corrected chi connectivity index (χ4v) is 12.7. The first kappa shape index (κ1) is 58.0. The van der Waals surface area contributed by atoms with Gasteiger partial charge in [0.25, 0.3) is 0 Å². The third-order valence-corrected chi connectivity index (χ3v) is 16.1. The van der Waals surface area contributed by atoms with E-state index in [2.05, 4.69) is 187 Å². The first-order chi connectivity index (χ1) is 33.3. The van der Waals surface area contributed by atoms with Gasteiger partial charge in [-0.3, -0.25) is 0 Å². The number of aromatic hydroxyl groups is 2. The zero-order valence-electron chi connectivity index (χ0n) is 48.0. The smallest absolute Gasteiger partial charge is 0.397 e. The molecule has 1 spiro atoms. The number of hydrogen-bond donors (Lipinski definition) is 2. The van der Waals surface area contributed by atoms with Crippen molar-refractivity contribution in [1.82, 2.24) is 0 Å². The van der Waals surface area contributed by atoms with Gasteiger partial charge >= 0.3 is 17.2 Å². The lowest BCUT2D eigenvalue weighted by Crippen LogP contribution is -2.45. The Morgan fingerprint density at radius 2 is 0.889 bits per heavy atom. The van der Waals surface area contributed by atoms with Crippen LogP contribution in [0, 0.1) is 36.0 Å². The highest BCUT2D eigenvalue weighted by Crippen LogP contribution is 2.57. The van der Waals surface area contributed by atoms with Gasteiger partial charge in [-0.1, -0.05) is 186 Å². The molecule has 8 nitrogen and oxygen atoms in total. The van der Waals surface area contributed by atoms with Gasteiger partial charge in [-0.15, -0.1) is 0 Å². The minimum atomic E-state index is -1.79. The van der Waals surface area contributed by atoms with Crippen LogP contribution in [0.3, 0.4) is 0 Å². The molecule has 72 heavy (non-hydrogen) atoms. The molecule has 0 radical (unpaired) electrons. The molecular formula is C62H92O8P2. The lowest BCUT2D eigenvalue weighted by atomic mass is 9.77. The molecule has 0 aromatic heterocycles. The Hall–Kier alpha value is -3.22. The molecule has 2 heterocycles. The lowest BCUT2D eigenvalue weighted by Gasteiger charge is -2.42. The Morgan fingerprint density at radius 3 is 1.35 bits per heavy atom. The molecule has 2 fully saturated rings. The minimum absolute atomic E-state index is 0.112. The summed E-state index contributed by atoms with van der Waals surface area (Å²) in [5.74, 6) is 3.61. The van der Waals surface area contributed by atoms with E-state index in [1.165, 1.54) is 16.7 Å². The third-order valence-electron chi connectivity index (χ3n) is 14.1. The average molecular weight is 1030 g/mol. The van der Waals surface area contributed by atoms with Crippen LogP contribution in [0.15, 0.2) is 48.5 Å². The molecule has 0 aliphatic carbocycles. The van der Waals surface area contributed by atoms with Gasteiger partial charge in [0.1, 0.15) is 23.0 Å². The normalized spacial score (nSPS) is 20.0. The summed E-state index contributed by atoms with van der Waals surface area (Å²) in [6.07, 6.45) is 3.46.